The van der Waals surface area contributed by atoms with Crippen molar-refractivity contribution in [1.29, 1.82) is 0 Å². The van der Waals surface area contributed by atoms with Crippen molar-refractivity contribution in [3.63, 3.8) is 0 Å². The van der Waals surface area contributed by atoms with Crippen molar-refractivity contribution >= 4 is 0 Å². The molecule has 0 aromatic heterocycles. The minimum atomic E-state index is -0.132. The number of rotatable bonds is 5. The van der Waals surface area contributed by atoms with Gasteiger partial charge >= 0.3 is 0 Å². The first-order valence-electron chi connectivity index (χ1n) is 8.33. The number of β-amino-alcohol motifs (C(OH)–C–C–N with tert-alkyl or cyclic N) is 1. The molecular weight excluding hydrogens is 236 g/mol. The van der Waals surface area contributed by atoms with Crippen LogP contribution in [0.1, 0.15) is 52.4 Å². The molecule has 3 atom stereocenters. The molecule has 2 aliphatic rings. The summed E-state index contributed by atoms with van der Waals surface area (Å²) in [6.45, 7) is 10.3. The van der Waals surface area contributed by atoms with E-state index in [9.17, 15) is 5.11 Å². The third kappa shape index (κ3) is 4.73. The summed E-state index contributed by atoms with van der Waals surface area (Å²) in [5, 5.41) is 9.81. The lowest BCUT2D eigenvalue weighted by atomic mass is 9.94. The third-order valence-corrected chi connectivity index (χ3v) is 4.98. The van der Waals surface area contributed by atoms with Gasteiger partial charge in [0.15, 0.2) is 0 Å². The molecule has 2 fully saturated rings. The zero-order valence-corrected chi connectivity index (χ0v) is 12.9. The van der Waals surface area contributed by atoms with E-state index in [0.29, 0.717) is 0 Å². The van der Waals surface area contributed by atoms with Crippen LogP contribution in [0.4, 0.5) is 0 Å². The monoisotopic (exact) mass is 268 g/mol. The molecule has 1 N–H and O–H groups in total. The average molecular weight is 268 g/mol. The number of likely N-dealkylation sites (tertiary alicyclic amines) is 2. The van der Waals surface area contributed by atoms with Crippen molar-refractivity contribution in [3.8, 4) is 0 Å². The summed E-state index contributed by atoms with van der Waals surface area (Å²) in [7, 11) is 0. The minimum absolute atomic E-state index is 0.132. The van der Waals surface area contributed by atoms with Crippen LogP contribution in [0.25, 0.3) is 0 Å². The van der Waals surface area contributed by atoms with E-state index in [2.05, 4.69) is 23.6 Å². The number of hydrogen-bond acceptors (Lipinski definition) is 3. The predicted molar refractivity (Wildman–Crippen MR) is 80.3 cm³/mol. The fourth-order valence-electron chi connectivity index (χ4n) is 3.65. The van der Waals surface area contributed by atoms with E-state index < -0.39 is 0 Å². The van der Waals surface area contributed by atoms with Crippen molar-refractivity contribution < 1.29 is 5.11 Å². The van der Waals surface area contributed by atoms with Gasteiger partial charge in [0.05, 0.1) is 6.10 Å². The topological polar surface area (TPSA) is 26.7 Å². The Kier molecular flexibility index (Phi) is 6.11. The normalized spacial score (nSPS) is 32.4. The van der Waals surface area contributed by atoms with E-state index in [1.807, 2.05) is 0 Å². The molecule has 0 amide bonds. The molecule has 0 aromatic carbocycles. The quantitative estimate of drug-likeness (QED) is 0.829. The first-order valence-corrected chi connectivity index (χ1v) is 8.33. The summed E-state index contributed by atoms with van der Waals surface area (Å²) < 4.78 is 0. The SMILES string of the molecule is CC[C@H](O)CN1CCC[C@@H](CN2CCCC[C@H]2C)C1. The number of aliphatic hydroxyl groups is 1. The first kappa shape index (κ1) is 15.3. The number of aliphatic hydroxyl groups excluding tert-OH is 1. The van der Waals surface area contributed by atoms with Crippen LogP contribution in [0.3, 0.4) is 0 Å². The predicted octanol–water partition coefficient (Wildman–Crippen LogP) is 2.34. The van der Waals surface area contributed by atoms with Crippen molar-refractivity contribution in [2.75, 3.05) is 32.7 Å². The van der Waals surface area contributed by atoms with Crippen LogP contribution in [0.2, 0.25) is 0 Å². The molecule has 0 saturated carbocycles. The van der Waals surface area contributed by atoms with Gasteiger partial charge in [-0.15, -0.1) is 0 Å². The Morgan fingerprint density at radius 1 is 1.16 bits per heavy atom. The average Bonchev–Trinajstić information content (AvgIpc) is 2.42. The smallest absolute Gasteiger partial charge is 0.0664 e. The molecule has 0 spiro atoms. The maximum absolute atomic E-state index is 9.81. The zero-order valence-electron chi connectivity index (χ0n) is 12.9. The molecule has 2 saturated heterocycles. The maximum Gasteiger partial charge on any atom is 0.0664 e. The van der Waals surface area contributed by atoms with Crippen LogP contribution in [-0.2, 0) is 0 Å². The van der Waals surface area contributed by atoms with Gasteiger partial charge in [0.25, 0.3) is 0 Å². The van der Waals surface area contributed by atoms with Crippen molar-refractivity contribution in [3.05, 3.63) is 0 Å². The Labute approximate surface area is 119 Å². The molecule has 2 aliphatic heterocycles. The fourth-order valence-corrected chi connectivity index (χ4v) is 3.65. The first-order chi connectivity index (χ1) is 9.19. The Morgan fingerprint density at radius 3 is 2.74 bits per heavy atom. The van der Waals surface area contributed by atoms with Crippen LogP contribution < -0.4 is 0 Å². The number of piperidine rings is 2. The summed E-state index contributed by atoms with van der Waals surface area (Å²) in [6.07, 6.45) is 7.61. The van der Waals surface area contributed by atoms with Crippen LogP contribution in [0, 0.1) is 5.92 Å². The van der Waals surface area contributed by atoms with E-state index in [1.54, 1.807) is 0 Å². The Balaban J connectivity index is 1.77. The Hall–Kier alpha value is -0.120. The molecular formula is C16H32N2O. The van der Waals surface area contributed by atoms with Crippen molar-refractivity contribution in [1.82, 2.24) is 9.80 Å². The van der Waals surface area contributed by atoms with Gasteiger partial charge in [-0.2, -0.15) is 0 Å². The summed E-state index contributed by atoms with van der Waals surface area (Å²) in [6, 6.07) is 0.783. The van der Waals surface area contributed by atoms with Crippen LogP contribution in [0.5, 0.6) is 0 Å². The lowest BCUT2D eigenvalue weighted by molar-refractivity contribution is 0.0603. The van der Waals surface area contributed by atoms with E-state index in [1.165, 1.54) is 58.3 Å². The third-order valence-electron chi connectivity index (χ3n) is 4.98. The molecule has 3 heteroatoms. The molecule has 3 nitrogen and oxygen atoms in total. The second kappa shape index (κ2) is 7.61. The van der Waals surface area contributed by atoms with Crippen LogP contribution >= 0.6 is 0 Å². The van der Waals surface area contributed by atoms with Crippen molar-refractivity contribution in [2.24, 2.45) is 5.92 Å². The molecule has 19 heavy (non-hydrogen) atoms. The van der Waals surface area contributed by atoms with Gasteiger partial charge in [0, 0.05) is 25.7 Å². The zero-order chi connectivity index (χ0) is 13.7. The highest BCUT2D eigenvalue weighted by Crippen LogP contribution is 2.22. The molecule has 2 rings (SSSR count). The summed E-state index contributed by atoms with van der Waals surface area (Å²) >= 11 is 0. The van der Waals surface area contributed by atoms with Gasteiger partial charge in [0.2, 0.25) is 0 Å². The minimum Gasteiger partial charge on any atom is -0.392 e. The lowest BCUT2D eigenvalue weighted by Gasteiger charge is -2.40. The lowest BCUT2D eigenvalue weighted by Crippen LogP contribution is -2.46. The highest BCUT2D eigenvalue weighted by molar-refractivity contribution is 4.80. The fraction of sp³-hybridized carbons (Fsp3) is 1.00. The van der Waals surface area contributed by atoms with Crippen molar-refractivity contribution in [2.45, 2.75) is 64.5 Å². The van der Waals surface area contributed by atoms with Gasteiger partial charge in [-0.3, -0.25) is 0 Å². The van der Waals surface area contributed by atoms with Crippen LogP contribution in [0.15, 0.2) is 0 Å². The number of nitrogens with zero attached hydrogens (tertiary/aromatic N) is 2. The second-order valence-corrected chi connectivity index (χ2v) is 6.67. The standard InChI is InChI=1S/C16H32N2O/c1-3-16(19)13-17-9-6-8-15(11-17)12-18-10-5-4-7-14(18)2/h14-16,19H,3-13H2,1-2H3/t14-,15-,16+/m1/s1. The van der Waals surface area contributed by atoms with E-state index >= 15 is 0 Å². The summed E-state index contributed by atoms with van der Waals surface area (Å²) in [5.74, 6) is 0.818. The highest BCUT2D eigenvalue weighted by Gasteiger charge is 2.26. The summed E-state index contributed by atoms with van der Waals surface area (Å²) in [5.41, 5.74) is 0. The number of hydrogen-bond donors (Lipinski definition) is 1. The highest BCUT2D eigenvalue weighted by atomic mass is 16.3. The van der Waals surface area contributed by atoms with E-state index in [4.69, 9.17) is 0 Å². The van der Waals surface area contributed by atoms with E-state index in [-0.39, 0.29) is 6.10 Å². The Bertz CT molecular complexity index is 259. The second-order valence-electron chi connectivity index (χ2n) is 6.67. The molecule has 0 radical (unpaired) electrons. The molecule has 0 unspecified atom stereocenters. The van der Waals surface area contributed by atoms with Crippen LogP contribution in [-0.4, -0.2) is 59.8 Å². The van der Waals surface area contributed by atoms with Gasteiger partial charge in [-0.05, 0) is 58.0 Å². The summed E-state index contributed by atoms with van der Waals surface area (Å²) in [4.78, 5) is 5.19. The molecule has 112 valence electrons. The van der Waals surface area contributed by atoms with Gasteiger partial charge < -0.3 is 14.9 Å². The largest absolute Gasteiger partial charge is 0.392 e. The van der Waals surface area contributed by atoms with Gasteiger partial charge in [0.1, 0.15) is 0 Å². The van der Waals surface area contributed by atoms with Gasteiger partial charge in [-0.25, -0.2) is 0 Å². The molecule has 2 heterocycles. The molecule has 0 aromatic rings. The maximum atomic E-state index is 9.81. The van der Waals surface area contributed by atoms with E-state index in [0.717, 1.165) is 24.9 Å². The van der Waals surface area contributed by atoms with Gasteiger partial charge in [-0.1, -0.05) is 13.3 Å². The Morgan fingerprint density at radius 2 is 2.00 bits per heavy atom. The molecule has 0 bridgehead atoms. The molecule has 0 aliphatic carbocycles.